The Morgan fingerprint density at radius 1 is 1.26 bits per heavy atom. The molecule has 0 saturated carbocycles. The largest absolute Gasteiger partial charge is 0.352 e. The second-order valence-corrected chi connectivity index (χ2v) is 5.70. The summed E-state index contributed by atoms with van der Waals surface area (Å²) in [6.45, 7) is 7.55. The van der Waals surface area contributed by atoms with Crippen LogP contribution in [0, 0.1) is 18.8 Å². The Balaban J connectivity index is 2.36. The van der Waals surface area contributed by atoms with Gasteiger partial charge in [-0.3, -0.25) is 4.79 Å². The normalized spacial score (nSPS) is 12.5. The molecule has 0 saturated heterocycles. The van der Waals surface area contributed by atoms with Crippen LogP contribution in [-0.4, -0.2) is 12.5 Å². The van der Waals surface area contributed by atoms with E-state index in [1.165, 1.54) is 5.56 Å². The van der Waals surface area contributed by atoms with Gasteiger partial charge >= 0.3 is 0 Å². The van der Waals surface area contributed by atoms with Crippen LogP contribution in [0.4, 0.5) is 0 Å². The van der Waals surface area contributed by atoms with E-state index in [0.717, 1.165) is 12.0 Å². The summed E-state index contributed by atoms with van der Waals surface area (Å²) in [6, 6.07) is 8.21. The minimum absolute atomic E-state index is 0.0941. The van der Waals surface area contributed by atoms with Gasteiger partial charge in [-0.15, -0.1) is 0 Å². The molecule has 106 valence electrons. The van der Waals surface area contributed by atoms with Gasteiger partial charge in [0.1, 0.15) is 0 Å². The van der Waals surface area contributed by atoms with Crippen molar-refractivity contribution in [1.29, 1.82) is 0 Å². The Labute approximate surface area is 116 Å². The SMILES string of the molecule is Cc1ccc(CNC(=O)CC(CN)CC(C)C)cc1. The Hall–Kier alpha value is -1.35. The molecule has 1 aromatic carbocycles. The van der Waals surface area contributed by atoms with E-state index < -0.39 is 0 Å². The molecule has 0 radical (unpaired) electrons. The van der Waals surface area contributed by atoms with E-state index in [1.807, 2.05) is 12.1 Å². The molecule has 1 unspecified atom stereocenters. The molecule has 0 heterocycles. The van der Waals surface area contributed by atoms with Gasteiger partial charge in [0.05, 0.1) is 0 Å². The van der Waals surface area contributed by atoms with E-state index in [0.29, 0.717) is 25.4 Å². The molecular weight excluding hydrogens is 236 g/mol. The predicted molar refractivity (Wildman–Crippen MR) is 79.6 cm³/mol. The highest BCUT2D eigenvalue weighted by atomic mass is 16.1. The Bertz CT molecular complexity index is 384. The minimum Gasteiger partial charge on any atom is -0.352 e. The fourth-order valence-electron chi connectivity index (χ4n) is 2.17. The monoisotopic (exact) mass is 262 g/mol. The third kappa shape index (κ3) is 6.39. The van der Waals surface area contributed by atoms with Crippen molar-refractivity contribution in [3.05, 3.63) is 35.4 Å². The molecule has 1 rings (SSSR count). The average Bonchev–Trinajstić information content (AvgIpc) is 2.36. The highest BCUT2D eigenvalue weighted by molar-refractivity contribution is 5.76. The van der Waals surface area contributed by atoms with E-state index in [2.05, 4.69) is 38.2 Å². The summed E-state index contributed by atoms with van der Waals surface area (Å²) in [7, 11) is 0. The van der Waals surface area contributed by atoms with Gasteiger partial charge in [0, 0.05) is 13.0 Å². The lowest BCUT2D eigenvalue weighted by atomic mass is 9.94. The molecule has 0 aliphatic carbocycles. The predicted octanol–water partition coefficient (Wildman–Crippen LogP) is 2.62. The van der Waals surface area contributed by atoms with Gasteiger partial charge in [0.15, 0.2) is 0 Å². The highest BCUT2D eigenvalue weighted by Gasteiger charge is 2.13. The van der Waals surface area contributed by atoms with Crippen molar-refractivity contribution in [2.75, 3.05) is 6.54 Å². The first-order chi connectivity index (χ1) is 9.01. The lowest BCUT2D eigenvalue weighted by Gasteiger charge is -2.16. The van der Waals surface area contributed by atoms with Crippen molar-refractivity contribution in [3.8, 4) is 0 Å². The Kier molecular flexibility index (Phi) is 6.57. The summed E-state index contributed by atoms with van der Waals surface area (Å²) in [5.74, 6) is 0.966. The maximum atomic E-state index is 11.9. The van der Waals surface area contributed by atoms with Crippen LogP contribution in [-0.2, 0) is 11.3 Å². The zero-order valence-corrected chi connectivity index (χ0v) is 12.3. The molecule has 3 nitrogen and oxygen atoms in total. The summed E-state index contributed by atoms with van der Waals surface area (Å²) in [4.78, 5) is 11.9. The summed E-state index contributed by atoms with van der Waals surface area (Å²) in [5, 5.41) is 2.96. The molecular formula is C16H26N2O. The van der Waals surface area contributed by atoms with Crippen LogP contribution in [0.2, 0.25) is 0 Å². The number of aryl methyl sites for hydroxylation is 1. The molecule has 3 N–H and O–H groups in total. The molecule has 0 aromatic heterocycles. The van der Waals surface area contributed by atoms with Crippen molar-refractivity contribution in [3.63, 3.8) is 0 Å². The van der Waals surface area contributed by atoms with Crippen molar-refractivity contribution in [2.24, 2.45) is 17.6 Å². The first kappa shape index (κ1) is 15.7. The zero-order chi connectivity index (χ0) is 14.3. The molecule has 19 heavy (non-hydrogen) atoms. The lowest BCUT2D eigenvalue weighted by Crippen LogP contribution is -2.28. The Morgan fingerprint density at radius 3 is 2.42 bits per heavy atom. The molecule has 0 aliphatic rings. The van der Waals surface area contributed by atoms with Gasteiger partial charge < -0.3 is 11.1 Å². The van der Waals surface area contributed by atoms with Crippen LogP contribution in [0.5, 0.6) is 0 Å². The molecule has 1 aromatic rings. The number of hydrogen-bond donors (Lipinski definition) is 2. The van der Waals surface area contributed by atoms with Crippen LogP contribution in [0.1, 0.15) is 37.8 Å². The molecule has 0 spiro atoms. The van der Waals surface area contributed by atoms with Gasteiger partial charge in [-0.1, -0.05) is 43.7 Å². The van der Waals surface area contributed by atoms with Gasteiger partial charge in [0.2, 0.25) is 5.91 Å². The molecule has 1 atom stereocenters. The van der Waals surface area contributed by atoms with Crippen LogP contribution in [0.15, 0.2) is 24.3 Å². The van der Waals surface area contributed by atoms with E-state index in [9.17, 15) is 4.79 Å². The molecule has 0 bridgehead atoms. The number of rotatable bonds is 7. The second-order valence-electron chi connectivity index (χ2n) is 5.70. The smallest absolute Gasteiger partial charge is 0.220 e. The number of carbonyl (C=O) groups is 1. The van der Waals surface area contributed by atoms with Crippen molar-refractivity contribution in [2.45, 2.75) is 40.2 Å². The lowest BCUT2D eigenvalue weighted by molar-refractivity contribution is -0.122. The standard InChI is InChI=1S/C16H26N2O/c1-12(2)8-15(10-17)9-16(19)18-11-14-6-4-13(3)5-7-14/h4-7,12,15H,8-11,17H2,1-3H3,(H,18,19). The van der Waals surface area contributed by atoms with Crippen molar-refractivity contribution < 1.29 is 4.79 Å². The second kappa shape index (κ2) is 7.95. The number of nitrogens with one attached hydrogen (secondary N) is 1. The van der Waals surface area contributed by atoms with Crippen LogP contribution in [0.25, 0.3) is 0 Å². The Morgan fingerprint density at radius 2 is 1.89 bits per heavy atom. The fraction of sp³-hybridized carbons (Fsp3) is 0.562. The fourth-order valence-corrected chi connectivity index (χ4v) is 2.17. The van der Waals surface area contributed by atoms with Gasteiger partial charge in [-0.25, -0.2) is 0 Å². The minimum atomic E-state index is 0.0941. The molecule has 0 fully saturated rings. The third-order valence-corrected chi connectivity index (χ3v) is 3.22. The summed E-state index contributed by atoms with van der Waals surface area (Å²) >= 11 is 0. The average molecular weight is 262 g/mol. The summed E-state index contributed by atoms with van der Waals surface area (Å²) < 4.78 is 0. The quantitative estimate of drug-likeness (QED) is 0.793. The number of nitrogens with two attached hydrogens (primary N) is 1. The van der Waals surface area contributed by atoms with Crippen LogP contribution < -0.4 is 11.1 Å². The van der Waals surface area contributed by atoms with E-state index in [-0.39, 0.29) is 11.8 Å². The first-order valence-electron chi connectivity index (χ1n) is 7.03. The van der Waals surface area contributed by atoms with Crippen LogP contribution >= 0.6 is 0 Å². The van der Waals surface area contributed by atoms with Gasteiger partial charge in [-0.05, 0) is 37.3 Å². The zero-order valence-electron chi connectivity index (χ0n) is 12.3. The first-order valence-corrected chi connectivity index (χ1v) is 7.03. The summed E-state index contributed by atoms with van der Waals surface area (Å²) in [5.41, 5.74) is 8.08. The van der Waals surface area contributed by atoms with Crippen LogP contribution in [0.3, 0.4) is 0 Å². The van der Waals surface area contributed by atoms with Gasteiger partial charge in [0.25, 0.3) is 0 Å². The maximum absolute atomic E-state index is 11.9. The summed E-state index contributed by atoms with van der Waals surface area (Å²) in [6.07, 6.45) is 1.54. The molecule has 0 aliphatic heterocycles. The topological polar surface area (TPSA) is 55.1 Å². The van der Waals surface area contributed by atoms with E-state index in [4.69, 9.17) is 5.73 Å². The number of carbonyl (C=O) groups excluding carboxylic acids is 1. The number of benzene rings is 1. The van der Waals surface area contributed by atoms with Crippen molar-refractivity contribution in [1.82, 2.24) is 5.32 Å². The number of hydrogen-bond acceptors (Lipinski definition) is 2. The molecule has 3 heteroatoms. The number of amides is 1. The van der Waals surface area contributed by atoms with E-state index in [1.54, 1.807) is 0 Å². The van der Waals surface area contributed by atoms with Crippen molar-refractivity contribution >= 4 is 5.91 Å². The van der Waals surface area contributed by atoms with E-state index >= 15 is 0 Å². The molecule has 1 amide bonds. The highest BCUT2D eigenvalue weighted by Crippen LogP contribution is 2.14. The van der Waals surface area contributed by atoms with Gasteiger partial charge in [-0.2, -0.15) is 0 Å². The maximum Gasteiger partial charge on any atom is 0.220 e. The third-order valence-electron chi connectivity index (χ3n) is 3.22.